The smallest absolute Gasteiger partial charge is 0.310 e. The van der Waals surface area contributed by atoms with Crippen molar-refractivity contribution in [2.45, 2.75) is 0 Å². The van der Waals surface area contributed by atoms with E-state index in [0.29, 0.717) is 50.7 Å². The van der Waals surface area contributed by atoms with Crippen molar-refractivity contribution in [2.75, 3.05) is 9.80 Å². The minimum Gasteiger partial charge on any atom is -0.423 e. The van der Waals surface area contributed by atoms with Crippen molar-refractivity contribution >= 4 is 91.7 Å². The van der Waals surface area contributed by atoms with E-state index in [1.54, 1.807) is 28.0 Å². The molecule has 1 aliphatic heterocycles. The number of anilines is 4. The van der Waals surface area contributed by atoms with Gasteiger partial charge in [-0.3, -0.25) is 9.59 Å². The summed E-state index contributed by atoms with van der Waals surface area (Å²) in [5.41, 5.74) is 3.60. The Morgan fingerprint density at radius 2 is 0.978 bits per heavy atom. The SMILES string of the molecule is O=C1C(=CC=C2N(c3nc4ccccc4o3)c3nc4ccccc4nc3N2c2nc3ccccc3o2)C(=O)c2c(Cl)ccc(Cl)c21. The third kappa shape index (κ3) is 3.84. The molecule has 0 bridgehead atoms. The quantitative estimate of drug-likeness (QED) is 0.137. The molecule has 1 aliphatic carbocycles. The number of carbonyl (C=O) groups excluding carboxylic acids is 2. The minimum absolute atomic E-state index is 0.0692. The van der Waals surface area contributed by atoms with Gasteiger partial charge < -0.3 is 8.83 Å². The van der Waals surface area contributed by atoms with Crippen LogP contribution in [-0.4, -0.2) is 31.5 Å². The molecule has 0 N–H and O–H groups in total. The van der Waals surface area contributed by atoms with Crippen molar-refractivity contribution in [2.24, 2.45) is 0 Å². The molecule has 2 aliphatic rings. The summed E-state index contributed by atoms with van der Waals surface area (Å²) in [6, 6.07) is 25.5. The molecule has 0 atom stereocenters. The van der Waals surface area contributed by atoms with E-state index in [1.807, 2.05) is 60.7 Å². The first-order valence-electron chi connectivity index (χ1n) is 14.0. The Hall–Kier alpha value is -5.84. The number of allylic oxidation sites excluding steroid dienone is 3. The molecular weight excluding hydrogens is 627 g/mol. The molecular formula is C34H16Cl2N6O4. The molecule has 0 saturated carbocycles. The van der Waals surface area contributed by atoms with Crippen LogP contribution in [-0.2, 0) is 0 Å². The van der Waals surface area contributed by atoms with Gasteiger partial charge in [0.05, 0.1) is 37.8 Å². The minimum atomic E-state index is -0.538. The van der Waals surface area contributed by atoms with E-state index >= 15 is 0 Å². The number of hydrogen-bond donors (Lipinski definition) is 0. The molecule has 12 heteroatoms. The topological polar surface area (TPSA) is 118 Å². The number of carbonyl (C=O) groups is 2. The fourth-order valence-corrected chi connectivity index (χ4v) is 6.20. The van der Waals surface area contributed by atoms with Crippen molar-refractivity contribution in [3.63, 3.8) is 0 Å². The monoisotopic (exact) mass is 642 g/mol. The number of ketones is 2. The molecule has 10 nitrogen and oxygen atoms in total. The first-order valence-corrected chi connectivity index (χ1v) is 14.8. The summed E-state index contributed by atoms with van der Waals surface area (Å²) in [6.45, 7) is 0. The normalized spacial score (nSPS) is 14.2. The summed E-state index contributed by atoms with van der Waals surface area (Å²) < 4.78 is 12.5. The Bertz CT molecular complexity index is 2300. The zero-order chi connectivity index (χ0) is 31.1. The predicted octanol–water partition coefficient (Wildman–Crippen LogP) is 8.36. The molecule has 0 amide bonds. The lowest BCUT2D eigenvalue weighted by Gasteiger charge is -2.18. The number of nitrogens with zero attached hydrogens (tertiary/aromatic N) is 6. The fraction of sp³-hybridized carbons (Fsp3) is 0. The number of fused-ring (bicyclic) bond motifs is 5. The summed E-state index contributed by atoms with van der Waals surface area (Å²) in [5, 5.41) is 0.284. The van der Waals surface area contributed by atoms with Gasteiger partial charge in [0.1, 0.15) is 16.9 Å². The molecule has 4 aromatic carbocycles. The van der Waals surface area contributed by atoms with Crippen LogP contribution in [0.1, 0.15) is 20.7 Å². The van der Waals surface area contributed by atoms with Crippen LogP contribution in [0, 0.1) is 0 Å². The lowest BCUT2D eigenvalue weighted by Crippen LogP contribution is -2.22. The molecule has 9 rings (SSSR count). The van der Waals surface area contributed by atoms with Crippen LogP contribution in [0.5, 0.6) is 0 Å². The number of para-hydroxylation sites is 6. The Morgan fingerprint density at radius 1 is 0.543 bits per heavy atom. The molecule has 0 radical (unpaired) electrons. The molecule has 4 heterocycles. The number of hydrogen-bond acceptors (Lipinski definition) is 10. The Labute approximate surface area is 268 Å². The van der Waals surface area contributed by atoms with E-state index in [-0.39, 0.29) is 38.8 Å². The van der Waals surface area contributed by atoms with E-state index in [1.165, 1.54) is 18.2 Å². The predicted molar refractivity (Wildman–Crippen MR) is 173 cm³/mol. The van der Waals surface area contributed by atoms with Crippen molar-refractivity contribution in [3.8, 4) is 0 Å². The van der Waals surface area contributed by atoms with Gasteiger partial charge in [0.2, 0.25) is 0 Å². The fourth-order valence-electron chi connectivity index (χ4n) is 5.71. The van der Waals surface area contributed by atoms with Gasteiger partial charge in [0.15, 0.2) is 34.4 Å². The van der Waals surface area contributed by atoms with Gasteiger partial charge in [0.25, 0.3) is 0 Å². The van der Waals surface area contributed by atoms with E-state index in [9.17, 15) is 9.59 Å². The van der Waals surface area contributed by atoms with Crippen LogP contribution in [0.25, 0.3) is 33.2 Å². The third-order valence-electron chi connectivity index (χ3n) is 7.81. The second kappa shape index (κ2) is 9.83. The molecule has 3 aromatic heterocycles. The largest absolute Gasteiger partial charge is 0.423 e. The van der Waals surface area contributed by atoms with Crippen LogP contribution < -0.4 is 9.80 Å². The summed E-state index contributed by atoms with van der Waals surface area (Å²) in [4.78, 5) is 49.7. The van der Waals surface area contributed by atoms with Gasteiger partial charge in [0, 0.05) is 0 Å². The summed E-state index contributed by atoms with van der Waals surface area (Å²) in [7, 11) is 0. The number of aromatic nitrogens is 4. The molecule has 0 unspecified atom stereocenters. The second-order valence-corrected chi connectivity index (χ2v) is 11.3. The first kappa shape index (κ1) is 26.6. The van der Waals surface area contributed by atoms with E-state index in [4.69, 9.17) is 52.0 Å². The highest BCUT2D eigenvalue weighted by Crippen LogP contribution is 2.49. The second-order valence-electron chi connectivity index (χ2n) is 10.5. The van der Waals surface area contributed by atoms with Crippen LogP contribution in [0.3, 0.4) is 0 Å². The lowest BCUT2D eigenvalue weighted by molar-refractivity contribution is 0.0989. The van der Waals surface area contributed by atoms with Gasteiger partial charge in [-0.15, -0.1) is 0 Å². The number of Topliss-reactive ketones (excluding diaryl/α,β-unsaturated/α-hetero) is 2. The van der Waals surface area contributed by atoms with Gasteiger partial charge in [-0.25, -0.2) is 19.8 Å². The van der Waals surface area contributed by atoms with E-state index in [0.717, 1.165) is 0 Å². The number of rotatable bonds is 3. The van der Waals surface area contributed by atoms with Crippen molar-refractivity contribution in [1.29, 1.82) is 0 Å². The van der Waals surface area contributed by atoms with Gasteiger partial charge in [-0.2, -0.15) is 9.97 Å². The van der Waals surface area contributed by atoms with Crippen LogP contribution in [0.4, 0.5) is 23.7 Å². The van der Waals surface area contributed by atoms with Gasteiger partial charge in [-0.1, -0.05) is 59.6 Å². The highest BCUT2D eigenvalue weighted by Gasteiger charge is 2.42. The van der Waals surface area contributed by atoms with Crippen LogP contribution in [0.15, 0.2) is 117 Å². The van der Waals surface area contributed by atoms with Gasteiger partial charge >= 0.3 is 12.0 Å². The zero-order valence-electron chi connectivity index (χ0n) is 23.3. The highest BCUT2D eigenvalue weighted by molar-refractivity contribution is 6.48. The number of halogens is 2. The zero-order valence-corrected chi connectivity index (χ0v) is 24.8. The number of benzene rings is 4. The maximum Gasteiger partial charge on any atom is 0.310 e. The highest BCUT2D eigenvalue weighted by atomic mass is 35.5. The van der Waals surface area contributed by atoms with Crippen molar-refractivity contribution < 1.29 is 18.4 Å². The molecule has 7 aromatic rings. The maximum absolute atomic E-state index is 13.5. The van der Waals surface area contributed by atoms with Gasteiger partial charge in [-0.05, 0) is 60.7 Å². The molecule has 220 valence electrons. The molecule has 46 heavy (non-hydrogen) atoms. The van der Waals surface area contributed by atoms with E-state index in [2.05, 4.69) is 0 Å². The Morgan fingerprint density at radius 3 is 1.43 bits per heavy atom. The van der Waals surface area contributed by atoms with Crippen molar-refractivity contribution in [3.05, 3.63) is 130 Å². The standard InChI is InChI=1S/C34H16Cl2N6O4/c35-18-14-15-19(36)28-27(18)29(43)17(30(28)44)13-16-26-41(33-39-22-9-3-5-11-24(22)45-33)31-32(38-21-8-2-1-7-20(21)37-31)42(26)34-40-23-10-4-6-12-25(23)46-34/h1-16H. The summed E-state index contributed by atoms with van der Waals surface area (Å²) >= 11 is 12.7. The Balaban J connectivity index is 1.31. The molecule has 0 spiro atoms. The number of oxazole rings is 2. The van der Waals surface area contributed by atoms with Crippen molar-refractivity contribution in [1.82, 2.24) is 19.9 Å². The van der Waals surface area contributed by atoms with Crippen LogP contribution >= 0.6 is 23.2 Å². The molecule has 0 saturated heterocycles. The summed E-state index contributed by atoms with van der Waals surface area (Å²) in [5.74, 6) is 0.00300. The molecule has 0 fully saturated rings. The van der Waals surface area contributed by atoms with E-state index < -0.39 is 11.6 Å². The Kier molecular flexibility index (Phi) is 5.67. The first-order chi connectivity index (χ1) is 22.5. The maximum atomic E-state index is 13.5. The lowest BCUT2D eigenvalue weighted by atomic mass is 10.1. The average Bonchev–Trinajstić information content (AvgIpc) is 3.81. The summed E-state index contributed by atoms with van der Waals surface area (Å²) in [6.07, 6.45) is 3.00. The average molecular weight is 643 g/mol. The van der Waals surface area contributed by atoms with Crippen LogP contribution in [0.2, 0.25) is 10.0 Å². The third-order valence-corrected chi connectivity index (χ3v) is 8.44.